The highest BCUT2D eigenvalue weighted by Gasteiger charge is 2.23. The first-order valence-electron chi connectivity index (χ1n) is 10.3. The van der Waals surface area contributed by atoms with E-state index in [1.165, 1.54) is 6.08 Å². The Morgan fingerprint density at radius 2 is 1.89 bits per heavy atom. The monoisotopic (exact) mass is 383 g/mol. The molecule has 1 saturated heterocycles. The maximum Gasteiger partial charge on any atom is 0.251 e. The molecule has 3 rings (SSSR count). The van der Waals surface area contributed by atoms with E-state index in [-0.39, 0.29) is 17.7 Å². The first-order valence-corrected chi connectivity index (χ1v) is 10.3. The van der Waals surface area contributed by atoms with Crippen LogP contribution in [0.4, 0.5) is 0 Å². The maximum atomic E-state index is 12.0. The molecule has 0 spiro atoms. The van der Waals surface area contributed by atoms with E-state index in [2.05, 4.69) is 10.6 Å². The third-order valence-corrected chi connectivity index (χ3v) is 5.09. The number of nitrogens with zero attached hydrogens (tertiary/aromatic N) is 1. The zero-order valence-corrected chi connectivity index (χ0v) is 16.3. The van der Waals surface area contributed by atoms with Crippen LogP contribution >= 0.6 is 0 Å². The molecule has 0 atom stereocenters. The van der Waals surface area contributed by atoms with Crippen molar-refractivity contribution in [3.05, 3.63) is 41.5 Å². The lowest BCUT2D eigenvalue weighted by Crippen LogP contribution is -2.33. The molecule has 0 bridgehead atoms. The standard InChI is InChI=1S/C22H29N3O3/c26-20(23-14-4-16-25-15-3-1-2-5-21(25)27)13-8-17-6-9-18(10-7-17)22(28)24-19-11-12-19/h6-10,13,19H,1-5,11-12,14-16H2,(H,23,26)(H,24,28)/b13-8+. The third-order valence-electron chi connectivity index (χ3n) is 5.09. The van der Waals surface area contributed by atoms with Crippen LogP contribution in [-0.4, -0.2) is 48.3 Å². The molecule has 3 amide bonds. The number of benzene rings is 1. The minimum absolute atomic E-state index is 0.0429. The topological polar surface area (TPSA) is 78.5 Å². The molecule has 6 heteroatoms. The Kier molecular flexibility index (Phi) is 7.23. The highest BCUT2D eigenvalue weighted by molar-refractivity contribution is 5.95. The van der Waals surface area contributed by atoms with Gasteiger partial charge in [-0.1, -0.05) is 18.6 Å². The molecule has 1 aromatic rings. The lowest BCUT2D eigenvalue weighted by atomic mass is 10.1. The second kappa shape index (κ2) is 10.1. The molecule has 2 N–H and O–H groups in total. The average molecular weight is 383 g/mol. The molecule has 1 aromatic carbocycles. The summed E-state index contributed by atoms with van der Waals surface area (Å²) in [5, 5.41) is 5.81. The number of rotatable bonds is 8. The number of carbonyl (C=O) groups is 3. The van der Waals surface area contributed by atoms with Crippen LogP contribution in [0.3, 0.4) is 0 Å². The van der Waals surface area contributed by atoms with Crippen LogP contribution in [0.25, 0.3) is 6.08 Å². The number of hydrogen-bond acceptors (Lipinski definition) is 3. The van der Waals surface area contributed by atoms with E-state index in [9.17, 15) is 14.4 Å². The van der Waals surface area contributed by atoms with E-state index in [0.717, 1.165) is 50.6 Å². The molecule has 1 saturated carbocycles. The predicted octanol–water partition coefficient (Wildman–Crippen LogP) is 2.50. The molecule has 1 heterocycles. The van der Waals surface area contributed by atoms with Crippen molar-refractivity contribution >= 4 is 23.8 Å². The highest BCUT2D eigenvalue weighted by Crippen LogP contribution is 2.19. The molecule has 1 aliphatic heterocycles. The fourth-order valence-corrected chi connectivity index (χ4v) is 3.23. The zero-order chi connectivity index (χ0) is 19.8. The van der Waals surface area contributed by atoms with Crippen molar-refractivity contribution in [2.45, 2.75) is 51.0 Å². The van der Waals surface area contributed by atoms with Gasteiger partial charge in [-0.05, 0) is 55.9 Å². The lowest BCUT2D eigenvalue weighted by Gasteiger charge is -2.20. The Balaban J connectivity index is 1.36. The van der Waals surface area contributed by atoms with Crippen molar-refractivity contribution in [1.82, 2.24) is 15.5 Å². The van der Waals surface area contributed by atoms with Crippen LogP contribution in [0.5, 0.6) is 0 Å². The van der Waals surface area contributed by atoms with Gasteiger partial charge in [-0.25, -0.2) is 0 Å². The Labute approximate surface area is 166 Å². The summed E-state index contributed by atoms with van der Waals surface area (Å²) in [6, 6.07) is 7.54. The van der Waals surface area contributed by atoms with Crippen molar-refractivity contribution < 1.29 is 14.4 Å². The van der Waals surface area contributed by atoms with Gasteiger partial charge in [0.15, 0.2) is 0 Å². The van der Waals surface area contributed by atoms with Gasteiger partial charge < -0.3 is 15.5 Å². The van der Waals surface area contributed by atoms with Gasteiger partial charge in [0.2, 0.25) is 11.8 Å². The van der Waals surface area contributed by atoms with Crippen molar-refractivity contribution in [2.24, 2.45) is 0 Å². The van der Waals surface area contributed by atoms with Gasteiger partial charge in [-0.15, -0.1) is 0 Å². The van der Waals surface area contributed by atoms with Crippen molar-refractivity contribution in [3.63, 3.8) is 0 Å². The summed E-state index contributed by atoms with van der Waals surface area (Å²) in [7, 11) is 0. The largest absolute Gasteiger partial charge is 0.352 e. The SMILES string of the molecule is O=C(/C=C/c1ccc(C(=O)NC2CC2)cc1)NCCCN1CCCCCC1=O. The minimum atomic E-state index is -0.155. The fraction of sp³-hybridized carbons (Fsp3) is 0.500. The van der Waals surface area contributed by atoms with E-state index < -0.39 is 0 Å². The molecular weight excluding hydrogens is 354 g/mol. The van der Waals surface area contributed by atoms with Gasteiger partial charge in [0, 0.05) is 43.7 Å². The lowest BCUT2D eigenvalue weighted by molar-refractivity contribution is -0.130. The summed E-state index contributed by atoms with van der Waals surface area (Å²) in [6.07, 6.45) is 9.95. The molecule has 0 aromatic heterocycles. The van der Waals surface area contributed by atoms with E-state index in [0.29, 0.717) is 31.1 Å². The maximum absolute atomic E-state index is 12.0. The number of amides is 3. The first kappa shape index (κ1) is 20.1. The summed E-state index contributed by atoms with van der Waals surface area (Å²) >= 11 is 0. The van der Waals surface area contributed by atoms with E-state index in [4.69, 9.17) is 0 Å². The summed E-state index contributed by atoms with van der Waals surface area (Å²) in [4.78, 5) is 37.7. The number of carbonyl (C=O) groups excluding carboxylic acids is 3. The highest BCUT2D eigenvalue weighted by atomic mass is 16.2. The summed E-state index contributed by atoms with van der Waals surface area (Å²) < 4.78 is 0. The quantitative estimate of drug-likeness (QED) is 0.535. The van der Waals surface area contributed by atoms with Gasteiger partial charge in [0.1, 0.15) is 0 Å². The van der Waals surface area contributed by atoms with E-state index in [1.54, 1.807) is 18.2 Å². The van der Waals surface area contributed by atoms with Crippen LogP contribution in [0.2, 0.25) is 0 Å². The molecule has 2 aliphatic rings. The van der Waals surface area contributed by atoms with Crippen LogP contribution < -0.4 is 10.6 Å². The van der Waals surface area contributed by atoms with E-state index in [1.807, 2.05) is 17.0 Å². The molecule has 28 heavy (non-hydrogen) atoms. The summed E-state index contributed by atoms with van der Waals surface area (Å²) in [5.41, 5.74) is 1.50. The van der Waals surface area contributed by atoms with Crippen molar-refractivity contribution in [3.8, 4) is 0 Å². The normalized spacial score (nSPS) is 17.4. The number of likely N-dealkylation sites (tertiary alicyclic amines) is 1. The van der Waals surface area contributed by atoms with Crippen molar-refractivity contribution in [2.75, 3.05) is 19.6 Å². The van der Waals surface area contributed by atoms with Crippen LogP contribution in [0, 0.1) is 0 Å². The number of nitrogens with one attached hydrogen (secondary N) is 2. The minimum Gasteiger partial charge on any atom is -0.352 e. The van der Waals surface area contributed by atoms with Crippen molar-refractivity contribution in [1.29, 1.82) is 0 Å². The molecular formula is C22H29N3O3. The van der Waals surface area contributed by atoms with E-state index >= 15 is 0 Å². The van der Waals surface area contributed by atoms with Gasteiger partial charge >= 0.3 is 0 Å². The molecule has 1 aliphatic carbocycles. The van der Waals surface area contributed by atoms with Gasteiger partial charge in [0.25, 0.3) is 5.91 Å². The Hall–Kier alpha value is -2.63. The molecule has 0 radical (unpaired) electrons. The van der Waals surface area contributed by atoms with Gasteiger partial charge in [0.05, 0.1) is 0 Å². The van der Waals surface area contributed by atoms with Gasteiger partial charge in [-0.3, -0.25) is 14.4 Å². The number of hydrogen-bond donors (Lipinski definition) is 2. The fourth-order valence-electron chi connectivity index (χ4n) is 3.23. The Morgan fingerprint density at radius 1 is 1.11 bits per heavy atom. The molecule has 0 unspecified atom stereocenters. The smallest absolute Gasteiger partial charge is 0.251 e. The third kappa shape index (κ3) is 6.51. The Morgan fingerprint density at radius 3 is 2.64 bits per heavy atom. The molecule has 2 fully saturated rings. The Bertz CT molecular complexity index is 723. The van der Waals surface area contributed by atoms with Gasteiger partial charge in [-0.2, -0.15) is 0 Å². The molecule has 6 nitrogen and oxygen atoms in total. The predicted molar refractivity (Wildman–Crippen MR) is 109 cm³/mol. The van der Waals surface area contributed by atoms with Crippen LogP contribution in [-0.2, 0) is 9.59 Å². The van der Waals surface area contributed by atoms with Crippen LogP contribution in [0.1, 0.15) is 60.9 Å². The zero-order valence-electron chi connectivity index (χ0n) is 16.3. The second-order valence-corrected chi connectivity index (χ2v) is 7.54. The second-order valence-electron chi connectivity index (χ2n) is 7.54. The summed E-state index contributed by atoms with van der Waals surface area (Å²) in [6.45, 7) is 2.09. The average Bonchev–Trinajstić information content (AvgIpc) is 3.53. The first-order chi connectivity index (χ1) is 13.6. The summed E-state index contributed by atoms with van der Waals surface area (Å²) in [5.74, 6) is 0.0365. The van der Waals surface area contributed by atoms with Crippen LogP contribution in [0.15, 0.2) is 30.3 Å². The molecule has 150 valence electrons.